The fourth-order valence-corrected chi connectivity index (χ4v) is 5.81. The zero-order valence-corrected chi connectivity index (χ0v) is 20.4. The van der Waals surface area contributed by atoms with Crippen LogP contribution in [0, 0.1) is 12.7 Å². The van der Waals surface area contributed by atoms with Gasteiger partial charge in [0.05, 0.1) is 5.69 Å². The average Bonchev–Trinajstić information content (AvgIpc) is 3.26. The highest BCUT2D eigenvalue weighted by molar-refractivity contribution is 5.79. The molecule has 7 heteroatoms. The van der Waals surface area contributed by atoms with Crippen molar-refractivity contribution >= 4 is 11.0 Å². The van der Waals surface area contributed by atoms with E-state index in [9.17, 15) is 9.18 Å². The molecule has 0 saturated carbocycles. The summed E-state index contributed by atoms with van der Waals surface area (Å²) in [5, 5.41) is 5.17. The highest BCUT2D eigenvalue weighted by Gasteiger charge is 2.27. The minimum atomic E-state index is -0.302. The highest BCUT2D eigenvalue weighted by Crippen LogP contribution is 2.33. The molecule has 0 bridgehead atoms. The molecule has 0 aliphatic carbocycles. The smallest absolute Gasteiger partial charge is 0.256 e. The number of likely N-dealkylation sites (tertiary alicyclic amines) is 1. The summed E-state index contributed by atoms with van der Waals surface area (Å²) >= 11 is 0. The molecule has 34 heavy (non-hydrogen) atoms. The number of aromatic nitrogens is 3. The van der Waals surface area contributed by atoms with Crippen LogP contribution in [0.4, 0.5) is 4.39 Å². The van der Waals surface area contributed by atoms with Crippen molar-refractivity contribution in [3.8, 4) is 0 Å². The molecular weight excluding hydrogens is 431 g/mol. The lowest BCUT2D eigenvalue weighted by Gasteiger charge is -2.31. The Hall–Kier alpha value is -2.54. The molecular formula is C27H35FN4O2. The van der Waals surface area contributed by atoms with Crippen LogP contribution in [0.25, 0.3) is 11.0 Å². The van der Waals surface area contributed by atoms with Gasteiger partial charge in [0.2, 0.25) is 0 Å². The van der Waals surface area contributed by atoms with Gasteiger partial charge >= 0.3 is 0 Å². The Kier molecular flexibility index (Phi) is 6.82. The van der Waals surface area contributed by atoms with Gasteiger partial charge in [-0.1, -0.05) is 24.9 Å². The number of aryl methyl sites for hydroxylation is 1. The fraction of sp³-hybridized carbons (Fsp3) is 0.593. The van der Waals surface area contributed by atoms with E-state index in [-0.39, 0.29) is 11.4 Å². The molecule has 0 spiro atoms. The Labute approximate surface area is 200 Å². The summed E-state index contributed by atoms with van der Waals surface area (Å²) in [7, 11) is 0. The fourth-order valence-electron chi connectivity index (χ4n) is 5.81. The van der Waals surface area contributed by atoms with Crippen molar-refractivity contribution in [2.24, 2.45) is 0 Å². The summed E-state index contributed by atoms with van der Waals surface area (Å²) in [4.78, 5) is 20.7. The van der Waals surface area contributed by atoms with E-state index in [1.54, 1.807) is 6.07 Å². The van der Waals surface area contributed by atoms with Crippen LogP contribution in [0.1, 0.15) is 86.5 Å². The summed E-state index contributed by atoms with van der Waals surface area (Å²) < 4.78 is 20.8. The largest absolute Gasteiger partial charge is 0.356 e. The molecule has 182 valence electrons. The van der Waals surface area contributed by atoms with Crippen molar-refractivity contribution in [2.45, 2.75) is 83.6 Å². The number of halogens is 1. The molecule has 2 aliphatic rings. The summed E-state index contributed by atoms with van der Waals surface area (Å²) in [6.07, 6.45) is 8.44. The van der Waals surface area contributed by atoms with Crippen LogP contribution in [0.3, 0.4) is 0 Å². The number of hydrogen-bond donors (Lipinski definition) is 0. The third-order valence-corrected chi connectivity index (χ3v) is 7.82. The van der Waals surface area contributed by atoms with E-state index in [2.05, 4.69) is 17.0 Å². The number of piperidine rings is 1. The van der Waals surface area contributed by atoms with Gasteiger partial charge in [0.1, 0.15) is 11.6 Å². The summed E-state index contributed by atoms with van der Waals surface area (Å²) in [6.45, 7) is 7.81. The quantitative estimate of drug-likeness (QED) is 0.471. The summed E-state index contributed by atoms with van der Waals surface area (Å²) in [5.74, 6) is 1.47. The predicted molar refractivity (Wildman–Crippen MR) is 131 cm³/mol. The van der Waals surface area contributed by atoms with Gasteiger partial charge in [-0.25, -0.2) is 9.37 Å². The molecule has 1 fully saturated rings. The zero-order valence-electron chi connectivity index (χ0n) is 20.4. The maximum atomic E-state index is 13.5. The number of rotatable bonds is 7. The third-order valence-electron chi connectivity index (χ3n) is 7.82. The van der Waals surface area contributed by atoms with Gasteiger partial charge < -0.3 is 9.42 Å². The molecule has 0 radical (unpaired) electrons. The first-order chi connectivity index (χ1) is 16.5. The number of unbranched alkanes of at least 4 members (excludes halogenated alkanes) is 1. The van der Waals surface area contributed by atoms with Crippen molar-refractivity contribution in [2.75, 3.05) is 19.6 Å². The van der Waals surface area contributed by atoms with Gasteiger partial charge in [0.25, 0.3) is 5.56 Å². The minimum absolute atomic E-state index is 0.180. The van der Waals surface area contributed by atoms with Crippen LogP contribution >= 0.6 is 0 Å². The number of fused-ring (bicyclic) bond motifs is 2. The van der Waals surface area contributed by atoms with Crippen LogP contribution < -0.4 is 5.56 Å². The normalized spacial score (nSPS) is 19.6. The Morgan fingerprint density at radius 1 is 1.18 bits per heavy atom. The molecule has 1 saturated heterocycles. The third kappa shape index (κ3) is 4.54. The summed E-state index contributed by atoms with van der Waals surface area (Å²) in [6, 6.07) is 4.65. The molecule has 4 heterocycles. The van der Waals surface area contributed by atoms with E-state index in [1.807, 2.05) is 11.5 Å². The Morgan fingerprint density at radius 2 is 2.00 bits per heavy atom. The van der Waals surface area contributed by atoms with Crippen molar-refractivity contribution in [3.63, 3.8) is 0 Å². The topological polar surface area (TPSA) is 64.2 Å². The first-order valence-corrected chi connectivity index (χ1v) is 12.9. The van der Waals surface area contributed by atoms with Crippen molar-refractivity contribution in [1.82, 2.24) is 19.6 Å². The molecule has 2 aliphatic heterocycles. The van der Waals surface area contributed by atoms with Gasteiger partial charge in [-0.15, -0.1) is 0 Å². The second kappa shape index (κ2) is 9.98. The second-order valence-electron chi connectivity index (χ2n) is 10.0. The van der Waals surface area contributed by atoms with Gasteiger partial charge in [-0.2, -0.15) is 0 Å². The van der Waals surface area contributed by atoms with E-state index < -0.39 is 0 Å². The van der Waals surface area contributed by atoms with Gasteiger partial charge in [0, 0.05) is 47.6 Å². The molecule has 5 rings (SSSR count). The van der Waals surface area contributed by atoms with Crippen molar-refractivity contribution in [1.29, 1.82) is 0 Å². The van der Waals surface area contributed by atoms with Gasteiger partial charge in [0.15, 0.2) is 5.58 Å². The molecule has 0 amide bonds. The first kappa shape index (κ1) is 23.2. The highest BCUT2D eigenvalue weighted by atomic mass is 19.1. The minimum Gasteiger partial charge on any atom is -0.356 e. The van der Waals surface area contributed by atoms with E-state index >= 15 is 0 Å². The zero-order chi connectivity index (χ0) is 23.7. The van der Waals surface area contributed by atoms with Crippen molar-refractivity contribution in [3.05, 3.63) is 57.1 Å². The molecule has 2 aromatic heterocycles. The molecule has 3 aromatic rings. The Bertz CT molecular complexity index is 1210. The van der Waals surface area contributed by atoms with Gasteiger partial charge in [-0.3, -0.25) is 9.36 Å². The SMILES string of the molecule is CCCCC1CCCn2c1nc(C)c(CCN1CCC(c3noc4cc(F)ccc34)CC1)c2=O. The van der Waals surface area contributed by atoms with E-state index in [0.717, 1.165) is 92.9 Å². The van der Waals surface area contributed by atoms with Crippen LogP contribution in [-0.2, 0) is 13.0 Å². The lowest BCUT2D eigenvalue weighted by Crippen LogP contribution is -2.37. The standard InChI is InChI=1S/C27H35FN4O2/c1-3-4-6-20-7-5-13-32-26(20)29-18(2)22(27(32)33)12-16-31-14-10-19(11-15-31)25-23-9-8-21(28)17-24(23)34-30-25/h8-9,17,19-20H,3-7,10-16H2,1-2H3. The first-order valence-electron chi connectivity index (χ1n) is 12.9. The maximum Gasteiger partial charge on any atom is 0.256 e. The number of benzene rings is 1. The Morgan fingerprint density at radius 3 is 2.79 bits per heavy atom. The van der Waals surface area contributed by atoms with E-state index in [4.69, 9.17) is 9.51 Å². The maximum absolute atomic E-state index is 13.5. The lowest BCUT2D eigenvalue weighted by molar-refractivity contribution is 0.211. The lowest BCUT2D eigenvalue weighted by atomic mass is 9.91. The molecule has 1 atom stereocenters. The van der Waals surface area contributed by atoms with Crippen LogP contribution in [0.5, 0.6) is 0 Å². The molecule has 1 unspecified atom stereocenters. The monoisotopic (exact) mass is 466 g/mol. The second-order valence-corrected chi connectivity index (χ2v) is 10.0. The van der Waals surface area contributed by atoms with Gasteiger partial charge in [-0.05, 0) is 70.7 Å². The predicted octanol–water partition coefficient (Wildman–Crippen LogP) is 5.32. The molecule has 6 nitrogen and oxygen atoms in total. The average molecular weight is 467 g/mol. The van der Waals surface area contributed by atoms with Crippen molar-refractivity contribution < 1.29 is 8.91 Å². The van der Waals surface area contributed by atoms with E-state index in [1.165, 1.54) is 25.0 Å². The Balaban J connectivity index is 1.23. The molecule has 1 aromatic carbocycles. The van der Waals surface area contributed by atoms with E-state index in [0.29, 0.717) is 17.4 Å². The van der Waals surface area contributed by atoms with Crippen LogP contribution in [0.15, 0.2) is 27.5 Å². The molecule has 0 N–H and O–H groups in total. The number of hydrogen-bond acceptors (Lipinski definition) is 5. The van der Waals surface area contributed by atoms with Crippen LogP contribution in [-0.4, -0.2) is 39.2 Å². The summed E-state index contributed by atoms with van der Waals surface area (Å²) in [5.41, 5.74) is 3.44. The number of nitrogens with zero attached hydrogens (tertiary/aromatic N) is 4. The van der Waals surface area contributed by atoms with Crippen LogP contribution in [0.2, 0.25) is 0 Å².